The summed E-state index contributed by atoms with van der Waals surface area (Å²) in [5.41, 5.74) is 4.19. The maximum atomic E-state index is 3.45. The van der Waals surface area contributed by atoms with E-state index < -0.39 is 0 Å². The van der Waals surface area contributed by atoms with Crippen LogP contribution in [0.25, 0.3) is 6.08 Å². The third-order valence-corrected chi connectivity index (χ3v) is 2.84. The van der Waals surface area contributed by atoms with Crippen molar-refractivity contribution in [3.05, 3.63) is 47.4 Å². The summed E-state index contributed by atoms with van der Waals surface area (Å²) in [6.45, 7) is 0. The van der Waals surface area contributed by atoms with E-state index in [1.165, 1.54) is 29.5 Å². The summed E-state index contributed by atoms with van der Waals surface area (Å²) in [5.74, 6) is 0. The van der Waals surface area contributed by atoms with Crippen molar-refractivity contribution in [2.24, 2.45) is 0 Å². The van der Waals surface area contributed by atoms with E-state index in [4.69, 9.17) is 0 Å². The highest BCUT2D eigenvalue weighted by atomic mass is 79.9. The van der Waals surface area contributed by atoms with E-state index >= 15 is 0 Å². The van der Waals surface area contributed by atoms with Crippen LogP contribution in [0, 0.1) is 6.42 Å². The SMILES string of the molecule is BrCCCC1=Cc2ccccc2[CH]1. The van der Waals surface area contributed by atoms with Gasteiger partial charge in [0, 0.05) is 11.8 Å². The van der Waals surface area contributed by atoms with Crippen LogP contribution in [0.4, 0.5) is 0 Å². The summed E-state index contributed by atoms with van der Waals surface area (Å²) in [4.78, 5) is 0. The molecule has 1 heteroatoms. The molecule has 0 N–H and O–H groups in total. The molecule has 0 atom stereocenters. The lowest BCUT2D eigenvalue weighted by Gasteiger charge is -1.98. The number of halogens is 1. The molecule has 0 saturated heterocycles. The first-order valence-corrected chi connectivity index (χ1v) is 5.72. The van der Waals surface area contributed by atoms with Crippen molar-refractivity contribution in [2.45, 2.75) is 12.8 Å². The van der Waals surface area contributed by atoms with E-state index in [1.807, 2.05) is 0 Å². The second-order valence-electron chi connectivity index (χ2n) is 3.29. The van der Waals surface area contributed by atoms with Crippen LogP contribution in [0.3, 0.4) is 0 Å². The molecule has 1 aromatic rings. The first-order chi connectivity index (χ1) is 6.40. The van der Waals surface area contributed by atoms with Gasteiger partial charge >= 0.3 is 0 Å². The van der Waals surface area contributed by atoms with Crippen LogP contribution in [0.5, 0.6) is 0 Å². The van der Waals surface area contributed by atoms with Crippen molar-refractivity contribution < 1.29 is 0 Å². The van der Waals surface area contributed by atoms with Gasteiger partial charge in [-0.2, -0.15) is 0 Å². The van der Waals surface area contributed by atoms with Gasteiger partial charge in [-0.25, -0.2) is 0 Å². The van der Waals surface area contributed by atoms with E-state index in [0.717, 1.165) is 5.33 Å². The Morgan fingerprint density at radius 2 is 1.85 bits per heavy atom. The molecule has 1 aliphatic rings. The van der Waals surface area contributed by atoms with Gasteiger partial charge in [-0.15, -0.1) is 0 Å². The Hall–Kier alpha value is -0.560. The summed E-state index contributed by atoms with van der Waals surface area (Å²) in [6.07, 6.45) is 6.98. The fraction of sp³-hybridized carbons (Fsp3) is 0.250. The van der Waals surface area contributed by atoms with Gasteiger partial charge in [0.25, 0.3) is 0 Å². The predicted octanol–water partition coefficient (Wildman–Crippen LogP) is 3.81. The van der Waals surface area contributed by atoms with Gasteiger partial charge in [0.2, 0.25) is 0 Å². The monoisotopic (exact) mass is 235 g/mol. The Morgan fingerprint density at radius 3 is 2.54 bits per heavy atom. The average Bonchev–Trinajstić information content (AvgIpc) is 2.57. The van der Waals surface area contributed by atoms with Crippen LogP contribution < -0.4 is 0 Å². The number of alkyl halides is 1. The molecule has 0 saturated carbocycles. The van der Waals surface area contributed by atoms with Crippen LogP contribution in [-0.4, -0.2) is 5.33 Å². The van der Waals surface area contributed by atoms with Crippen LogP contribution in [0.1, 0.15) is 24.0 Å². The highest BCUT2D eigenvalue weighted by Crippen LogP contribution is 2.28. The highest BCUT2D eigenvalue weighted by Gasteiger charge is 2.10. The third kappa shape index (κ3) is 2.02. The number of allylic oxidation sites excluding steroid dienone is 1. The number of hydrogen-bond acceptors (Lipinski definition) is 0. The Labute approximate surface area is 87.8 Å². The molecule has 0 aliphatic heterocycles. The maximum absolute atomic E-state index is 3.45. The molecule has 2 rings (SSSR count). The Bertz CT molecular complexity index is 326. The van der Waals surface area contributed by atoms with Gasteiger partial charge in [0.05, 0.1) is 0 Å². The summed E-state index contributed by atoms with van der Waals surface area (Å²) < 4.78 is 0. The molecule has 0 fully saturated rings. The lowest BCUT2D eigenvalue weighted by molar-refractivity contribution is 0.942. The topological polar surface area (TPSA) is 0 Å². The minimum atomic E-state index is 1.09. The van der Waals surface area contributed by atoms with Crippen molar-refractivity contribution in [1.29, 1.82) is 0 Å². The quantitative estimate of drug-likeness (QED) is 0.700. The molecular formula is C12H12Br. The molecule has 1 aliphatic carbocycles. The van der Waals surface area contributed by atoms with Crippen molar-refractivity contribution in [2.75, 3.05) is 5.33 Å². The largest absolute Gasteiger partial charge is 0.0928 e. The van der Waals surface area contributed by atoms with E-state index in [2.05, 4.69) is 52.7 Å². The molecule has 0 unspecified atom stereocenters. The lowest BCUT2D eigenvalue weighted by atomic mass is 10.1. The van der Waals surface area contributed by atoms with Gasteiger partial charge in [-0.1, -0.05) is 51.8 Å². The van der Waals surface area contributed by atoms with Crippen LogP contribution in [0.15, 0.2) is 29.8 Å². The molecule has 0 spiro atoms. The Kier molecular flexibility index (Phi) is 2.84. The van der Waals surface area contributed by atoms with Gasteiger partial charge in [0.15, 0.2) is 0 Å². The maximum Gasteiger partial charge on any atom is 0.0164 e. The third-order valence-electron chi connectivity index (χ3n) is 2.28. The molecular weight excluding hydrogens is 224 g/mol. The Morgan fingerprint density at radius 1 is 1.08 bits per heavy atom. The second-order valence-corrected chi connectivity index (χ2v) is 4.08. The van der Waals surface area contributed by atoms with E-state index in [0.29, 0.717) is 0 Å². The lowest BCUT2D eigenvalue weighted by Crippen LogP contribution is -1.82. The smallest absolute Gasteiger partial charge is 0.0164 e. The van der Waals surface area contributed by atoms with Gasteiger partial charge in [0.1, 0.15) is 0 Å². The van der Waals surface area contributed by atoms with Gasteiger partial charge in [-0.05, 0) is 24.0 Å². The standard InChI is InChI=1S/C12H12Br/c13-7-3-4-10-8-11-5-1-2-6-12(11)9-10/h1-2,5-6,8-9H,3-4,7H2. The highest BCUT2D eigenvalue weighted by molar-refractivity contribution is 9.09. The molecule has 0 aromatic heterocycles. The van der Waals surface area contributed by atoms with Crippen molar-refractivity contribution in [1.82, 2.24) is 0 Å². The second kappa shape index (κ2) is 4.10. The summed E-state index contributed by atoms with van der Waals surface area (Å²) >= 11 is 3.45. The molecule has 13 heavy (non-hydrogen) atoms. The molecule has 0 heterocycles. The fourth-order valence-corrected chi connectivity index (χ4v) is 1.91. The van der Waals surface area contributed by atoms with Crippen LogP contribution in [-0.2, 0) is 0 Å². The van der Waals surface area contributed by atoms with Crippen molar-refractivity contribution in [3.8, 4) is 0 Å². The van der Waals surface area contributed by atoms with Crippen molar-refractivity contribution >= 4 is 22.0 Å². The Balaban J connectivity index is 2.08. The summed E-state index contributed by atoms with van der Waals surface area (Å²) in [7, 11) is 0. The predicted molar refractivity (Wildman–Crippen MR) is 60.8 cm³/mol. The van der Waals surface area contributed by atoms with E-state index in [9.17, 15) is 0 Å². The van der Waals surface area contributed by atoms with E-state index in [1.54, 1.807) is 0 Å². The molecule has 1 radical (unpaired) electrons. The van der Waals surface area contributed by atoms with Gasteiger partial charge < -0.3 is 0 Å². The van der Waals surface area contributed by atoms with Gasteiger partial charge in [-0.3, -0.25) is 0 Å². The zero-order chi connectivity index (χ0) is 9.10. The molecule has 0 bridgehead atoms. The normalized spacial score (nSPS) is 14.1. The van der Waals surface area contributed by atoms with Crippen LogP contribution >= 0.6 is 15.9 Å². The summed E-state index contributed by atoms with van der Waals surface area (Å²) in [6, 6.07) is 8.53. The van der Waals surface area contributed by atoms with Crippen LogP contribution in [0.2, 0.25) is 0 Å². The zero-order valence-corrected chi connectivity index (χ0v) is 9.05. The zero-order valence-electron chi connectivity index (χ0n) is 7.46. The number of rotatable bonds is 3. The minimum Gasteiger partial charge on any atom is -0.0928 e. The fourth-order valence-electron chi connectivity index (χ4n) is 1.63. The molecule has 0 amide bonds. The molecule has 1 aromatic carbocycles. The minimum absolute atomic E-state index is 1.09. The number of hydrogen-bond donors (Lipinski definition) is 0. The molecule has 0 nitrogen and oxygen atoms in total. The average molecular weight is 236 g/mol. The van der Waals surface area contributed by atoms with Crippen molar-refractivity contribution in [3.63, 3.8) is 0 Å². The number of fused-ring (bicyclic) bond motifs is 1. The summed E-state index contributed by atoms with van der Waals surface area (Å²) in [5, 5.41) is 1.09. The first kappa shape index (κ1) is 9.01. The van der Waals surface area contributed by atoms with E-state index in [-0.39, 0.29) is 0 Å². The number of benzene rings is 1. The molecule has 67 valence electrons. The first-order valence-electron chi connectivity index (χ1n) is 4.60.